The number of hydrogen-bond acceptors (Lipinski definition) is 4. The maximum absolute atomic E-state index is 12.0. The summed E-state index contributed by atoms with van der Waals surface area (Å²) in [7, 11) is -3.83. The van der Waals surface area contributed by atoms with Crippen LogP contribution < -0.4 is 4.72 Å². The molecule has 0 radical (unpaired) electrons. The predicted octanol–water partition coefficient (Wildman–Crippen LogP) is 5.24. The molecule has 4 nitrogen and oxygen atoms in total. The number of halogens is 2. The van der Waals surface area contributed by atoms with Crippen molar-refractivity contribution in [3.05, 3.63) is 81.7 Å². The molecule has 1 aromatic heterocycles. The molecule has 2 aromatic carbocycles. The molecule has 3 rings (SSSR count). The number of thiophene rings is 1. The monoisotopic (exact) mass is 437 g/mol. The Bertz CT molecular complexity index is 1090. The fourth-order valence-electron chi connectivity index (χ4n) is 2.27. The number of hydrogen-bond donors (Lipinski definition) is 1. The van der Waals surface area contributed by atoms with Crippen LogP contribution in [-0.2, 0) is 14.8 Å². The van der Waals surface area contributed by atoms with Gasteiger partial charge >= 0.3 is 0 Å². The second kappa shape index (κ2) is 8.27. The second-order valence-electron chi connectivity index (χ2n) is 5.49. The zero-order chi connectivity index (χ0) is 19.4. The number of sulfonamides is 1. The molecule has 0 saturated carbocycles. The molecule has 27 heavy (non-hydrogen) atoms. The van der Waals surface area contributed by atoms with E-state index in [0.29, 0.717) is 10.0 Å². The molecule has 1 heterocycles. The molecule has 138 valence electrons. The van der Waals surface area contributed by atoms with Crippen LogP contribution in [-0.4, -0.2) is 14.3 Å². The van der Waals surface area contributed by atoms with Crippen LogP contribution in [0.4, 0.5) is 0 Å². The summed E-state index contributed by atoms with van der Waals surface area (Å²) in [6.45, 7) is 0. The SMILES string of the molecule is O=C(/C=C/c1ccc(-c2ccc(Cl)c(Cl)c2)cc1)NS(=O)(=O)c1cccs1. The van der Waals surface area contributed by atoms with E-state index in [4.69, 9.17) is 23.2 Å². The first-order chi connectivity index (χ1) is 12.8. The molecule has 0 unspecified atom stereocenters. The van der Waals surface area contributed by atoms with E-state index >= 15 is 0 Å². The van der Waals surface area contributed by atoms with Crippen LogP contribution in [0, 0.1) is 0 Å². The van der Waals surface area contributed by atoms with E-state index in [9.17, 15) is 13.2 Å². The quantitative estimate of drug-likeness (QED) is 0.554. The average molecular weight is 438 g/mol. The lowest BCUT2D eigenvalue weighted by Gasteiger charge is -2.04. The Kier molecular flexibility index (Phi) is 6.01. The van der Waals surface area contributed by atoms with Gasteiger partial charge in [-0.05, 0) is 46.3 Å². The molecular formula is C19H13Cl2NO3S2. The van der Waals surface area contributed by atoms with E-state index in [1.54, 1.807) is 23.6 Å². The van der Waals surface area contributed by atoms with Crippen LogP contribution in [0.3, 0.4) is 0 Å². The Morgan fingerprint density at radius 1 is 0.963 bits per heavy atom. The van der Waals surface area contributed by atoms with E-state index < -0.39 is 15.9 Å². The third-order valence-corrected chi connectivity index (χ3v) is 7.07. The molecular weight excluding hydrogens is 425 g/mol. The van der Waals surface area contributed by atoms with E-state index in [1.807, 2.05) is 35.1 Å². The van der Waals surface area contributed by atoms with Crippen LogP contribution >= 0.6 is 34.5 Å². The average Bonchev–Trinajstić information content (AvgIpc) is 3.18. The maximum Gasteiger partial charge on any atom is 0.273 e. The molecule has 0 aliphatic carbocycles. The van der Waals surface area contributed by atoms with Crippen LogP contribution in [0.25, 0.3) is 17.2 Å². The van der Waals surface area contributed by atoms with Crippen molar-refractivity contribution >= 4 is 56.5 Å². The summed E-state index contributed by atoms with van der Waals surface area (Å²) in [4.78, 5) is 11.9. The van der Waals surface area contributed by atoms with Crippen molar-refractivity contribution in [1.29, 1.82) is 0 Å². The lowest BCUT2D eigenvalue weighted by atomic mass is 10.0. The highest BCUT2D eigenvalue weighted by Gasteiger charge is 2.16. The topological polar surface area (TPSA) is 63.2 Å². The molecule has 0 bridgehead atoms. The summed E-state index contributed by atoms with van der Waals surface area (Å²) in [5.74, 6) is -0.711. The summed E-state index contributed by atoms with van der Waals surface area (Å²) < 4.78 is 26.1. The highest BCUT2D eigenvalue weighted by molar-refractivity contribution is 7.92. The Balaban J connectivity index is 1.69. The van der Waals surface area contributed by atoms with Crippen molar-refractivity contribution in [2.24, 2.45) is 0 Å². The number of amides is 1. The smallest absolute Gasteiger partial charge is 0.269 e. The normalized spacial score (nSPS) is 11.6. The van der Waals surface area contributed by atoms with Crippen LogP contribution in [0.15, 0.2) is 70.3 Å². The zero-order valence-corrected chi connectivity index (χ0v) is 16.9. The van der Waals surface area contributed by atoms with E-state index in [2.05, 4.69) is 0 Å². The van der Waals surface area contributed by atoms with Crippen LogP contribution in [0.5, 0.6) is 0 Å². The van der Waals surface area contributed by atoms with Crippen LogP contribution in [0.1, 0.15) is 5.56 Å². The molecule has 0 spiro atoms. The van der Waals surface area contributed by atoms with Gasteiger partial charge < -0.3 is 0 Å². The molecule has 1 N–H and O–H groups in total. The number of carbonyl (C=O) groups is 1. The van der Waals surface area contributed by atoms with Gasteiger partial charge in [0.1, 0.15) is 4.21 Å². The van der Waals surface area contributed by atoms with Gasteiger partial charge in [0.05, 0.1) is 10.0 Å². The van der Waals surface area contributed by atoms with Gasteiger partial charge in [-0.1, -0.05) is 59.6 Å². The zero-order valence-electron chi connectivity index (χ0n) is 13.7. The maximum atomic E-state index is 12.0. The van der Waals surface area contributed by atoms with Gasteiger partial charge in [-0.3, -0.25) is 4.79 Å². The molecule has 0 aliphatic rings. The highest BCUT2D eigenvalue weighted by Crippen LogP contribution is 2.28. The van der Waals surface area contributed by atoms with Gasteiger partial charge in [-0.2, -0.15) is 0 Å². The van der Waals surface area contributed by atoms with Crippen molar-refractivity contribution < 1.29 is 13.2 Å². The van der Waals surface area contributed by atoms with Gasteiger partial charge in [0.2, 0.25) is 0 Å². The fourth-order valence-corrected chi connectivity index (χ4v) is 4.50. The molecule has 0 aliphatic heterocycles. The summed E-state index contributed by atoms with van der Waals surface area (Å²) in [6.07, 6.45) is 2.72. The Hall–Kier alpha value is -2.12. The van der Waals surface area contributed by atoms with Crippen molar-refractivity contribution in [2.45, 2.75) is 4.21 Å². The number of carbonyl (C=O) groups excluding carboxylic acids is 1. The molecule has 3 aromatic rings. The number of nitrogens with one attached hydrogen (secondary N) is 1. The summed E-state index contributed by atoms with van der Waals surface area (Å²) in [5.41, 5.74) is 2.61. The summed E-state index contributed by atoms with van der Waals surface area (Å²) in [6, 6.07) is 15.8. The minimum absolute atomic E-state index is 0.0928. The minimum atomic E-state index is -3.83. The molecule has 0 saturated heterocycles. The first kappa shape index (κ1) is 19.6. The minimum Gasteiger partial charge on any atom is -0.269 e. The van der Waals surface area contributed by atoms with Gasteiger partial charge in [0.15, 0.2) is 0 Å². The van der Waals surface area contributed by atoms with E-state index in [1.165, 1.54) is 18.2 Å². The molecule has 0 fully saturated rings. The van der Waals surface area contributed by atoms with Gasteiger partial charge in [0, 0.05) is 6.08 Å². The lowest BCUT2D eigenvalue weighted by molar-refractivity contribution is -0.114. The molecule has 0 atom stereocenters. The Labute approximate surface area is 171 Å². The molecule has 8 heteroatoms. The Morgan fingerprint density at radius 2 is 1.67 bits per heavy atom. The second-order valence-corrected chi connectivity index (χ2v) is 9.16. The predicted molar refractivity (Wildman–Crippen MR) is 111 cm³/mol. The Morgan fingerprint density at radius 3 is 2.30 bits per heavy atom. The van der Waals surface area contributed by atoms with Crippen molar-refractivity contribution in [3.63, 3.8) is 0 Å². The summed E-state index contributed by atoms with van der Waals surface area (Å²) >= 11 is 13.0. The van der Waals surface area contributed by atoms with Crippen molar-refractivity contribution in [2.75, 3.05) is 0 Å². The standard InChI is InChI=1S/C19H13Cl2NO3S2/c20-16-9-8-15(12-17(16)21)14-6-3-13(4-7-14)5-10-18(23)22-27(24,25)19-2-1-11-26-19/h1-12H,(H,22,23)/b10-5+. The summed E-state index contributed by atoms with van der Waals surface area (Å²) in [5, 5.41) is 2.59. The first-order valence-corrected chi connectivity index (χ1v) is 10.8. The fraction of sp³-hybridized carbons (Fsp3) is 0. The number of benzene rings is 2. The van der Waals surface area contributed by atoms with E-state index in [0.717, 1.165) is 28.0 Å². The van der Waals surface area contributed by atoms with Gasteiger partial charge in [0.25, 0.3) is 15.9 Å². The number of rotatable bonds is 5. The van der Waals surface area contributed by atoms with Gasteiger partial charge in [-0.25, -0.2) is 13.1 Å². The first-order valence-electron chi connectivity index (χ1n) is 7.69. The van der Waals surface area contributed by atoms with Crippen molar-refractivity contribution in [1.82, 2.24) is 4.72 Å². The van der Waals surface area contributed by atoms with Gasteiger partial charge in [-0.15, -0.1) is 11.3 Å². The third kappa shape index (κ3) is 4.99. The molecule has 1 amide bonds. The third-order valence-electron chi connectivity index (χ3n) is 3.59. The van der Waals surface area contributed by atoms with Crippen molar-refractivity contribution in [3.8, 4) is 11.1 Å². The highest BCUT2D eigenvalue weighted by atomic mass is 35.5. The van der Waals surface area contributed by atoms with Crippen LogP contribution in [0.2, 0.25) is 10.0 Å². The lowest BCUT2D eigenvalue weighted by Crippen LogP contribution is -2.28. The van der Waals surface area contributed by atoms with E-state index in [-0.39, 0.29) is 4.21 Å². The largest absolute Gasteiger partial charge is 0.273 e.